The van der Waals surface area contributed by atoms with Crippen LogP contribution in [0.5, 0.6) is 0 Å². The molecule has 1 N–H and O–H groups in total. The first-order valence-corrected chi connectivity index (χ1v) is 9.74. The lowest BCUT2D eigenvalue weighted by molar-refractivity contribution is 0.598. The van der Waals surface area contributed by atoms with E-state index in [1.807, 2.05) is 11.4 Å². The van der Waals surface area contributed by atoms with Crippen LogP contribution >= 0.6 is 38.9 Å². The molecule has 1 aromatic heterocycles. The second-order valence-corrected chi connectivity index (χ2v) is 8.53. The lowest BCUT2D eigenvalue weighted by Crippen LogP contribution is -2.15. The zero-order chi connectivity index (χ0) is 14.8. The van der Waals surface area contributed by atoms with Crippen LogP contribution < -0.4 is 5.32 Å². The van der Waals surface area contributed by atoms with Gasteiger partial charge in [-0.2, -0.15) is 0 Å². The molecule has 2 aromatic rings. The number of rotatable bonds is 5. The molecule has 0 aliphatic heterocycles. The summed E-state index contributed by atoms with van der Waals surface area (Å²) in [5, 5.41) is 5.69. The smallest absolute Gasteiger partial charge is 0.175 e. The summed E-state index contributed by atoms with van der Waals surface area (Å²) in [6, 6.07) is 6.92. The Labute approximate surface area is 136 Å². The molecule has 3 nitrogen and oxygen atoms in total. The summed E-state index contributed by atoms with van der Waals surface area (Å²) in [6.07, 6.45) is 1.19. The van der Waals surface area contributed by atoms with Crippen LogP contribution in [-0.2, 0) is 22.9 Å². The van der Waals surface area contributed by atoms with E-state index < -0.39 is 9.84 Å². The lowest BCUT2D eigenvalue weighted by Gasteiger charge is -2.11. The fourth-order valence-corrected chi connectivity index (χ4v) is 4.53. The van der Waals surface area contributed by atoms with Gasteiger partial charge in [-0.25, -0.2) is 8.42 Å². The first-order valence-electron chi connectivity index (χ1n) is 5.79. The summed E-state index contributed by atoms with van der Waals surface area (Å²) in [7, 11) is -3.28. The maximum Gasteiger partial charge on any atom is 0.175 e. The molecule has 1 aromatic carbocycles. The number of halogens is 2. The van der Waals surface area contributed by atoms with Gasteiger partial charge in [0.25, 0.3) is 0 Å². The number of benzene rings is 1. The lowest BCUT2D eigenvalue weighted by atomic mass is 10.2. The SMILES string of the molecule is CS(=O)(=O)c1cccc(Cl)c1CNCc1sccc1Br. The van der Waals surface area contributed by atoms with E-state index in [1.54, 1.807) is 29.5 Å². The third-order valence-corrected chi connectivity index (χ3v) is 6.22. The van der Waals surface area contributed by atoms with Crippen molar-refractivity contribution in [2.75, 3.05) is 6.26 Å². The van der Waals surface area contributed by atoms with Gasteiger partial charge in [-0.05, 0) is 39.5 Å². The van der Waals surface area contributed by atoms with Gasteiger partial charge >= 0.3 is 0 Å². The Kier molecular flexibility index (Phi) is 5.25. The van der Waals surface area contributed by atoms with E-state index in [1.165, 1.54) is 6.26 Å². The van der Waals surface area contributed by atoms with Crippen molar-refractivity contribution in [2.45, 2.75) is 18.0 Å². The topological polar surface area (TPSA) is 46.2 Å². The second kappa shape index (κ2) is 6.58. The molecule has 0 atom stereocenters. The molecule has 2 rings (SSSR count). The van der Waals surface area contributed by atoms with Gasteiger partial charge in [-0.1, -0.05) is 17.7 Å². The van der Waals surface area contributed by atoms with Gasteiger partial charge in [0.05, 0.1) is 4.90 Å². The number of nitrogens with one attached hydrogen (secondary N) is 1. The number of hydrogen-bond donors (Lipinski definition) is 1. The molecule has 0 fully saturated rings. The molecule has 1 heterocycles. The number of hydrogen-bond acceptors (Lipinski definition) is 4. The highest BCUT2D eigenvalue weighted by Gasteiger charge is 2.15. The van der Waals surface area contributed by atoms with Crippen molar-refractivity contribution < 1.29 is 8.42 Å². The molecule has 7 heteroatoms. The molecule has 0 saturated heterocycles. The Morgan fingerprint density at radius 3 is 2.65 bits per heavy atom. The van der Waals surface area contributed by atoms with Crippen molar-refractivity contribution in [2.24, 2.45) is 0 Å². The fourth-order valence-electron chi connectivity index (χ4n) is 1.81. The van der Waals surface area contributed by atoms with Crippen LogP contribution in [0.25, 0.3) is 0 Å². The molecular formula is C13H13BrClNO2S2. The molecule has 0 aliphatic rings. The van der Waals surface area contributed by atoms with Gasteiger partial charge in [-0.15, -0.1) is 11.3 Å². The second-order valence-electron chi connectivity index (χ2n) is 4.28. The van der Waals surface area contributed by atoms with Crippen molar-refractivity contribution in [3.8, 4) is 0 Å². The Morgan fingerprint density at radius 1 is 1.30 bits per heavy atom. The first kappa shape index (κ1) is 16.0. The summed E-state index contributed by atoms with van der Waals surface area (Å²) in [5.41, 5.74) is 0.615. The Balaban J connectivity index is 2.16. The Bertz CT molecular complexity index is 713. The summed E-state index contributed by atoms with van der Waals surface area (Å²) >= 11 is 11.2. The van der Waals surface area contributed by atoms with Crippen molar-refractivity contribution in [3.63, 3.8) is 0 Å². The third kappa shape index (κ3) is 3.83. The van der Waals surface area contributed by atoms with Crippen molar-refractivity contribution in [1.29, 1.82) is 0 Å². The molecule has 0 radical (unpaired) electrons. The summed E-state index contributed by atoms with van der Waals surface area (Å²) < 4.78 is 24.6. The van der Waals surface area contributed by atoms with E-state index in [2.05, 4.69) is 21.2 Å². The molecular weight excluding hydrogens is 382 g/mol. The molecule has 0 bridgehead atoms. The van der Waals surface area contributed by atoms with Gasteiger partial charge in [0.2, 0.25) is 0 Å². The quantitative estimate of drug-likeness (QED) is 0.837. The number of thiophene rings is 1. The molecule has 0 aliphatic carbocycles. The van der Waals surface area contributed by atoms with Gasteiger partial charge in [0, 0.05) is 39.3 Å². The van der Waals surface area contributed by atoms with Crippen molar-refractivity contribution in [1.82, 2.24) is 5.32 Å². The summed E-state index contributed by atoms with van der Waals surface area (Å²) in [6.45, 7) is 1.07. The zero-order valence-electron chi connectivity index (χ0n) is 10.7. The average Bonchev–Trinajstić information content (AvgIpc) is 2.76. The minimum absolute atomic E-state index is 0.280. The van der Waals surface area contributed by atoms with Crippen LogP contribution in [0, 0.1) is 0 Å². The van der Waals surface area contributed by atoms with Gasteiger partial charge in [0.1, 0.15) is 0 Å². The Hall–Kier alpha value is -0.400. The molecule has 20 heavy (non-hydrogen) atoms. The molecule has 0 saturated carbocycles. The normalized spacial score (nSPS) is 11.8. The van der Waals surface area contributed by atoms with Gasteiger partial charge in [0.15, 0.2) is 9.84 Å². The highest BCUT2D eigenvalue weighted by Crippen LogP contribution is 2.25. The standard InChI is InChI=1S/C13H13BrClNO2S2/c1-20(17,18)13-4-2-3-11(15)9(13)7-16-8-12-10(14)5-6-19-12/h2-6,16H,7-8H2,1H3. The van der Waals surface area contributed by atoms with Crippen LogP contribution in [0.3, 0.4) is 0 Å². The van der Waals surface area contributed by atoms with Crippen LogP contribution in [0.4, 0.5) is 0 Å². The highest BCUT2D eigenvalue weighted by molar-refractivity contribution is 9.10. The number of sulfone groups is 1. The zero-order valence-corrected chi connectivity index (χ0v) is 14.7. The van der Waals surface area contributed by atoms with Crippen LogP contribution in [0.15, 0.2) is 39.0 Å². The predicted octanol–water partition coefficient (Wildman–Crippen LogP) is 3.86. The molecule has 0 spiro atoms. The predicted molar refractivity (Wildman–Crippen MR) is 87.1 cm³/mol. The molecule has 108 valence electrons. The highest BCUT2D eigenvalue weighted by atomic mass is 79.9. The van der Waals surface area contributed by atoms with Gasteiger partial charge in [-0.3, -0.25) is 0 Å². The minimum Gasteiger partial charge on any atom is -0.308 e. The van der Waals surface area contributed by atoms with Crippen molar-refractivity contribution in [3.05, 3.63) is 49.6 Å². The van der Waals surface area contributed by atoms with E-state index in [0.29, 0.717) is 23.7 Å². The fraction of sp³-hybridized carbons (Fsp3) is 0.231. The monoisotopic (exact) mass is 393 g/mol. The maximum absolute atomic E-state index is 11.8. The van der Waals surface area contributed by atoms with Gasteiger partial charge < -0.3 is 5.32 Å². The molecule has 0 amide bonds. The van der Waals surface area contributed by atoms with Crippen LogP contribution in [0.1, 0.15) is 10.4 Å². The summed E-state index contributed by atoms with van der Waals surface area (Å²) in [4.78, 5) is 1.45. The van der Waals surface area contributed by atoms with E-state index in [0.717, 1.165) is 9.35 Å². The average molecular weight is 395 g/mol. The molecule has 0 unspecified atom stereocenters. The van der Waals surface area contributed by atoms with Crippen LogP contribution in [0.2, 0.25) is 5.02 Å². The Morgan fingerprint density at radius 2 is 2.05 bits per heavy atom. The van der Waals surface area contributed by atoms with E-state index in [9.17, 15) is 8.42 Å². The van der Waals surface area contributed by atoms with E-state index in [-0.39, 0.29) is 4.90 Å². The summed E-state index contributed by atoms with van der Waals surface area (Å²) in [5.74, 6) is 0. The van der Waals surface area contributed by atoms with E-state index >= 15 is 0 Å². The van der Waals surface area contributed by atoms with E-state index in [4.69, 9.17) is 11.6 Å². The third-order valence-electron chi connectivity index (χ3n) is 2.75. The minimum atomic E-state index is -3.28. The maximum atomic E-state index is 11.8. The van der Waals surface area contributed by atoms with Crippen molar-refractivity contribution >= 4 is 48.7 Å². The van der Waals surface area contributed by atoms with Crippen LogP contribution in [-0.4, -0.2) is 14.7 Å². The first-order chi connectivity index (χ1) is 9.39. The largest absolute Gasteiger partial charge is 0.308 e.